The number of para-hydroxylation sites is 1. The van der Waals surface area contributed by atoms with E-state index in [1.54, 1.807) is 0 Å². The van der Waals surface area contributed by atoms with Crippen molar-refractivity contribution in [3.63, 3.8) is 0 Å². The second kappa shape index (κ2) is 5.34. The number of hydrogen-bond acceptors (Lipinski definition) is 2. The first-order valence-electron chi connectivity index (χ1n) is 7.60. The van der Waals surface area contributed by atoms with E-state index in [9.17, 15) is 0 Å². The fourth-order valence-electron chi connectivity index (χ4n) is 2.82. The van der Waals surface area contributed by atoms with Gasteiger partial charge in [-0.25, -0.2) is 0 Å². The van der Waals surface area contributed by atoms with Crippen molar-refractivity contribution in [2.24, 2.45) is 0 Å². The number of aromatic nitrogens is 2. The van der Waals surface area contributed by atoms with Gasteiger partial charge >= 0.3 is 0 Å². The normalized spacial score (nSPS) is 14.7. The van der Waals surface area contributed by atoms with Gasteiger partial charge in [0.2, 0.25) is 0 Å². The smallest absolute Gasteiger partial charge is 0.0648 e. The first-order valence-corrected chi connectivity index (χ1v) is 7.60. The van der Waals surface area contributed by atoms with Gasteiger partial charge in [0.15, 0.2) is 0 Å². The van der Waals surface area contributed by atoms with Crippen molar-refractivity contribution < 1.29 is 0 Å². The zero-order valence-corrected chi connectivity index (χ0v) is 12.0. The second-order valence-electron chi connectivity index (χ2n) is 5.77. The molecular weight excluding hydrogens is 258 g/mol. The van der Waals surface area contributed by atoms with Crippen LogP contribution in [0.25, 0.3) is 10.9 Å². The average molecular weight is 277 g/mol. The Morgan fingerprint density at radius 1 is 1.10 bits per heavy atom. The Hall–Kier alpha value is -2.13. The SMILES string of the molecule is c1ccc(Cn2ccc3cccc(CNC4CC4)c32)nc1. The maximum atomic E-state index is 4.44. The van der Waals surface area contributed by atoms with Crippen LogP contribution in [0, 0.1) is 0 Å². The molecule has 2 aromatic heterocycles. The summed E-state index contributed by atoms with van der Waals surface area (Å²) < 4.78 is 2.31. The summed E-state index contributed by atoms with van der Waals surface area (Å²) >= 11 is 0. The number of nitrogens with zero attached hydrogens (tertiary/aromatic N) is 2. The molecule has 1 saturated carbocycles. The van der Waals surface area contributed by atoms with Crippen LogP contribution < -0.4 is 5.32 Å². The fraction of sp³-hybridized carbons (Fsp3) is 0.278. The van der Waals surface area contributed by atoms with E-state index < -0.39 is 0 Å². The summed E-state index contributed by atoms with van der Waals surface area (Å²) in [4.78, 5) is 4.44. The lowest BCUT2D eigenvalue weighted by atomic mass is 10.1. The number of benzene rings is 1. The van der Waals surface area contributed by atoms with Crippen molar-refractivity contribution in [1.82, 2.24) is 14.9 Å². The molecule has 0 bridgehead atoms. The van der Waals surface area contributed by atoms with Crippen LogP contribution in [-0.4, -0.2) is 15.6 Å². The van der Waals surface area contributed by atoms with Crippen LogP contribution in [-0.2, 0) is 13.1 Å². The highest BCUT2D eigenvalue weighted by Crippen LogP contribution is 2.24. The van der Waals surface area contributed by atoms with Crippen molar-refractivity contribution in [3.05, 3.63) is 66.1 Å². The Bertz CT molecular complexity index is 742. The van der Waals surface area contributed by atoms with Crippen LogP contribution in [0.2, 0.25) is 0 Å². The van der Waals surface area contributed by atoms with Crippen LogP contribution >= 0.6 is 0 Å². The van der Waals surface area contributed by atoms with Crippen molar-refractivity contribution in [1.29, 1.82) is 0 Å². The van der Waals surface area contributed by atoms with Crippen LogP contribution in [0.5, 0.6) is 0 Å². The minimum atomic E-state index is 0.736. The number of pyridine rings is 1. The molecule has 1 fully saturated rings. The highest BCUT2D eigenvalue weighted by molar-refractivity contribution is 5.83. The van der Waals surface area contributed by atoms with Gasteiger partial charge in [0.05, 0.1) is 17.8 Å². The lowest BCUT2D eigenvalue weighted by Gasteiger charge is -2.10. The van der Waals surface area contributed by atoms with Gasteiger partial charge in [-0.2, -0.15) is 0 Å². The summed E-state index contributed by atoms with van der Waals surface area (Å²) in [7, 11) is 0. The summed E-state index contributed by atoms with van der Waals surface area (Å²) in [5.74, 6) is 0. The third kappa shape index (κ3) is 2.69. The molecule has 2 heterocycles. The van der Waals surface area contributed by atoms with Crippen molar-refractivity contribution in [2.45, 2.75) is 32.0 Å². The summed E-state index contributed by atoms with van der Waals surface area (Å²) in [6.45, 7) is 1.78. The van der Waals surface area contributed by atoms with Crippen molar-refractivity contribution in [2.75, 3.05) is 0 Å². The summed E-state index contributed by atoms with van der Waals surface area (Å²) in [5.41, 5.74) is 3.80. The Balaban J connectivity index is 1.67. The molecule has 1 aliphatic carbocycles. The molecule has 1 aliphatic rings. The van der Waals surface area contributed by atoms with Crippen LogP contribution in [0.15, 0.2) is 54.9 Å². The Kier molecular flexibility index (Phi) is 3.20. The fourth-order valence-corrected chi connectivity index (χ4v) is 2.82. The predicted octanol–water partition coefficient (Wildman–Crippen LogP) is 3.34. The van der Waals surface area contributed by atoms with Gasteiger partial charge in [-0.3, -0.25) is 4.98 Å². The molecule has 3 nitrogen and oxygen atoms in total. The third-order valence-electron chi connectivity index (χ3n) is 4.09. The minimum Gasteiger partial charge on any atom is -0.341 e. The Morgan fingerprint density at radius 3 is 2.86 bits per heavy atom. The molecule has 0 saturated heterocycles. The maximum Gasteiger partial charge on any atom is 0.0648 e. The lowest BCUT2D eigenvalue weighted by Crippen LogP contribution is -2.16. The largest absolute Gasteiger partial charge is 0.341 e. The lowest BCUT2D eigenvalue weighted by molar-refractivity contribution is 0.686. The summed E-state index contributed by atoms with van der Waals surface area (Å²) in [6.07, 6.45) is 6.67. The second-order valence-corrected chi connectivity index (χ2v) is 5.77. The average Bonchev–Trinajstić information content (AvgIpc) is 3.27. The first-order chi connectivity index (χ1) is 10.4. The van der Waals surface area contributed by atoms with E-state index >= 15 is 0 Å². The van der Waals surface area contributed by atoms with Crippen molar-refractivity contribution in [3.8, 4) is 0 Å². The van der Waals surface area contributed by atoms with Crippen LogP contribution in [0.4, 0.5) is 0 Å². The van der Waals surface area contributed by atoms with E-state index in [1.165, 1.54) is 29.3 Å². The zero-order valence-electron chi connectivity index (χ0n) is 12.0. The molecule has 106 valence electrons. The van der Waals surface area contributed by atoms with Gasteiger partial charge < -0.3 is 9.88 Å². The van der Waals surface area contributed by atoms with E-state index in [0.29, 0.717) is 0 Å². The van der Waals surface area contributed by atoms with E-state index in [1.807, 2.05) is 18.3 Å². The van der Waals surface area contributed by atoms with E-state index in [2.05, 4.69) is 51.4 Å². The molecule has 3 heteroatoms. The summed E-state index contributed by atoms with van der Waals surface area (Å²) in [6, 6.07) is 15.6. The van der Waals surface area contributed by atoms with Gasteiger partial charge in [-0.15, -0.1) is 0 Å². The molecule has 0 spiro atoms. The first kappa shape index (κ1) is 12.6. The van der Waals surface area contributed by atoms with Gasteiger partial charge in [0.25, 0.3) is 0 Å². The standard InChI is InChI=1S/C18H19N3/c1-2-10-19-17(6-1)13-21-11-9-14-4-3-5-15(18(14)21)12-20-16-7-8-16/h1-6,9-11,16,20H,7-8,12-13H2. The van der Waals surface area contributed by atoms with Crippen molar-refractivity contribution >= 4 is 10.9 Å². The number of fused-ring (bicyclic) bond motifs is 1. The van der Waals surface area contributed by atoms with E-state index in [0.717, 1.165) is 24.8 Å². The molecule has 3 aromatic rings. The van der Waals surface area contributed by atoms with Gasteiger partial charge in [-0.1, -0.05) is 24.3 Å². The Morgan fingerprint density at radius 2 is 2.05 bits per heavy atom. The Labute approximate surface area is 124 Å². The maximum absolute atomic E-state index is 4.44. The highest BCUT2D eigenvalue weighted by Gasteiger charge is 2.20. The molecule has 0 aliphatic heterocycles. The summed E-state index contributed by atoms with van der Waals surface area (Å²) in [5, 5.41) is 4.92. The molecule has 0 amide bonds. The molecular formula is C18H19N3. The minimum absolute atomic E-state index is 0.736. The number of hydrogen-bond donors (Lipinski definition) is 1. The number of nitrogens with one attached hydrogen (secondary N) is 1. The molecule has 0 radical (unpaired) electrons. The third-order valence-corrected chi connectivity index (χ3v) is 4.09. The highest BCUT2D eigenvalue weighted by atomic mass is 15.0. The topological polar surface area (TPSA) is 29.9 Å². The van der Waals surface area contributed by atoms with E-state index in [4.69, 9.17) is 0 Å². The van der Waals surface area contributed by atoms with Crippen LogP contribution in [0.3, 0.4) is 0 Å². The zero-order chi connectivity index (χ0) is 14.1. The molecule has 1 N–H and O–H groups in total. The van der Waals surface area contributed by atoms with Gasteiger partial charge in [0, 0.05) is 25.0 Å². The monoisotopic (exact) mass is 277 g/mol. The van der Waals surface area contributed by atoms with Gasteiger partial charge in [-0.05, 0) is 42.0 Å². The quantitative estimate of drug-likeness (QED) is 0.775. The molecule has 0 unspecified atom stereocenters. The van der Waals surface area contributed by atoms with Gasteiger partial charge in [0.1, 0.15) is 0 Å². The van der Waals surface area contributed by atoms with Crippen LogP contribution in [0.1, 0.15) is 24.1 Å². The molecule has 0 atom stereocenters. The molecule has 21 heavy (non-hydrogen) atoms. The predicted molar refractivity (Wildman–Crippen MR) is 85.1 cm³/mol. The number of rotatable bonds is 5. The molecule has 4 rings (SSSR count). The molecule has 1 aromatic carbocycles. The van der Waals surface area contributed by atoms with E-state index in [-0.39, 0.29) is 0 Å².